The van der Waals surface area contributed by atoms with Gasteiger partial charge in [-0.05, 0) is 22.8 Å². The van der Waals surface area contributed by atoms with Gasteiger partial charge in [-0.15, -0.1) is 0 Å². The van der Waals surface area contributed by atoms with Crippen molar-refractivity contribution in [3.8, 4) is 0 Å². The minimum atomic E-state index is -1.24. The fourth-order valence-electron chi connectivity index (χ4n) is 3.22. The van der Waals surface area contributed by atoms with Gasteiger partial charge in [-0.1, -0.05) is 42.5 Å². The number of benzene rings is 2. The molecule has 0 heterocycles. The summed E-state index contributed by atoms with van der Waals surface area (Å²) in [6, 6.07) is 13.6. The summed E-state index contributed by atoms with van der Waals surface area (Å²) < 4.78 is 5.03. The Labute approximate surface area is 164 Å². The monoisotopic (exact) mass is 391 g/mol. The predicted octanol–water partition coefficient (Wildman–Crippen LogP) is 0.369. The first-order chi connectivity index (χ1) is 13.5. The Balaban J connectivity index is 1.83. The lowest BCUT2D eigenvalue weighted by Gasteiger charge is -2.26. The van der Waals surface area contributed by atoms with Crippen LogP contribution in [0.15, 0.2) is 42.5 Å². The molecule has 5 N–H and O–H groups in total. The molecule has 0 aliphatic heterocycles. The lowest BCUT2D eigenvalue weighted by atomic mass is 10.00. The lowest BCUT2D eigenvalue weighted by molar-refractivity contribution is -0.121. The molecule has 0 saturated carbocycles. The molecule has 4 atom stereocenters. The average Bonchev–Trinajstić information content (AvgIpc) is 2.70. The van der Waals surface area contributed by atoms with Gasteiger partial charge in [-0.25, -0.2) is 0 Å². The Bertz CT molecular complexity index is 747. The van der Waals surface area contributed by atoms with Crippen LogP contribution in [-0.4, -0.2) is 71.0 Å². The van der Waals surface area contributed by atoms with Gasteiger partial charge in [0.15, 0.2) is 0 Å². The first-order valence-corrected chi connectivity index (χ1v) is 9.37. The van der Waals surface area contributed by atoms with E-state index in [4.69, 9.17) is 9.84 Å². The number of fused-ring (bicyclic) bond motifs is 1. The summed E-state index contributed by atoms with van der Waals surface area (Å²) in [5.41, 5.74) is 0.896. The van der Waals surface area contributed by atoms with E-state index in [0.717, 1.165) is 16.3 Å². The third-order valence-corrected chi connectivity index (χ3v) is 4.77. The van der Waals surface area contributed by atoms with Gasteiger partial charge in [0.25, 0.3) is 0 Å². The summed E-state index contributed by atoms with van der Waals surface area (Å²) in [5.74, 6) is -0.236. The summed E-state index contributed by atoms with van der Waals surface area (Å²) in [6.07, 6.45) is -3.99. The summed E-state index contributed by atoms with van der Waals surface area (Å²) in [4.78, 5) is 12.2. The third-order valence-electron chi connectivity index (χ3n) is 4.77. The zero-order valence-electron chi connectivity index (χ0n) is 16.0. The van der Waals surface area contributed by atoms with Crippen LogP contribution in [-0.2, 0) is 16.0 Å². The quantitative estimate of drug-likeness (QED) is 0.378. The van der Waals surface area contributed by atoms with Crippen molar-refractivity contribution in [1.29, 1.82) is 0 Å². The lowest BCUT2D eigenvalue weighted by Crippen LogP contribution is -2.43. The van der Waals surface area contributed by atoms with Crippen molar-refractivity contribution in [2.24, 2.45) is 0 Å². The highest BCUT2D eigenvalue weighted by Gasteiger charge is 2.27. The Morgan fingerprint density at radius 3 is 2.54 bits per heavy atom. The first-order valence-electron chi connectivity index (χ1n) is 9.37. The molecule has 28 heavy (non-hydrogen) atoms. The third kappa shape index (κ3) is 6.25. The molecule has 0 bridgehead atoms. The molecule has 2 aromatic carbocycles. The largest absolute Gasteiger partial charge is 0.396 e. The van der Waals surface area contributed by atoms with Crippen LogP contribution < -0.4 is 5.32 Å². The fourth-order valence-corrected chi connectivity index (χ4v) is 3.22. The number of carbonyl (C=O) groups excluding carboxylic acids is 1. The van der Waals surface area contributed by atoms with Gasteiger partial charge < -0.3 is 30.5 Å². The number of hydrogen-bond donors (Lipinski definition) is 5. The van der Waals surface area contributed by atoms with Crippen LogP contribution in [0.2, 0.25) is 0 Å². The standard InChI is InChI=1S/C21H29NO6/c1-28-19(9-10-23)21(27)18(25)12-16(24)13-22-20(26)11-15-7-4-6-14-5-2-3-8-17(14)15/h2-8,16,18-19,21,23-25,27H,9-13H2,1H3,(H,22,26). The molecule has 154 valence electrons. The topological polar surface area (TPSA) is 119 Å². The number of methoxy groups -OCH3 is 1. The molecule has 7 nitrogen and oxygen atoms in total. The number of hydrogen-bond acceptors (Lipinski definition) is 6. The maximum Gasteiger partial charge on any atom is 0.224 e. The van der Waals surface area contributed by atoms with Gasteiger partial charge in [0.1, 0.15) is 6.10 Å². The summed E-state index contributed by atoms with van der Waals surface area (Å²) in [6.45, 7) is -0.222. The SMILES string of the molecule is COC(CCO)C(O)C(O)CC(O)CNC(=O)Cc1cccc2ccccc12. The average molecular weight is 391 g/mol. The van der Waals surface area contributed by atoms with Crippen LogP contribution in [0.3, 0.4) is 0 Å². The van der Waals surface area contributed by atoms with Gasteiger partial charge in [0.2, 0.25) is 5.91 Å². The molecule has 0 spiro atoms. The second-order valence-electron chi connectivity index (χ2n) is 6.85. The van der Waals surface area contributed by atoms with Crippen LogP contribution in [0.5, 0.6) is 0 Å². The maximum absolute atomic E-state index is 12.2. The van der Waals surface area contributed by atoms with Crippen molar-refractivity contribution in [1.82, 2.24) is 5.32 Å². The number of rotatable bonds is 11. The van der Waals surface area contributed by atoms with Crippen molar-refractivity contribution >= 4 is 16.7 Å². The first kappa shape index (κ1) is 22.3. The van der Waals surface area contributed by atoms with Crippen molar-refractivity contribution in [2.75, 3.05) is 20.3 Å². The zero-order chi connectivity index (χ0) is 20.5. The molecule has 0 aromatic heterocycles. The Kier molecular flexibility index (Phi) is 8.82. The Morgan fingerprint density at radius 2 is 1.82 bits per heavy atom. The number of aliphatic hydroxyl groups is 4. The van der Waals surface area contributed by atoms with Crippen LogP contribution in [0.25, 0.3) is 10.8 Å². The zero-order valence-corrected chi connectivity index (χ0v) is 16.0. The second kappa shape index (κ2) is 11.1. The van der Waals surface area contributed by atoms with E-state index in [0.29, 0.717) is 0 Å². The Hall–Kier alpha value is -2.03. The van der Waals surface area contributed by atoms with E-state index in [2.05, 4.69) is 5.32 Å². The normalized spacial score (nSPS) is 15.8. The van der Waals surface area contributed by atoms with E-state index in [9.17, 15) is 20.1 Å². The van der Waals surface area contributed by atoms with E-state index in [1.807, 2.05) is 42.5 Å². The maximum atomic E-state index is 12.2. The van der Waals surface area contributed by atoms with E-state index < -0.39 is 24.4 Å². The molecule has 4 unspecified atom stereocenters. The smallest absolute Gasteiger partial charge is 0.224 e. The molecule has 0 fully saturated rings. The molecule has 0 saturated heterocycles. The molecule has 2 rings (SSSR count). The van der Waals surface area contributed by atoms with Crippen LogP contribution in [0, 0.1) is 0 Å². The van der Waals surface area contributed by atoms with E-state index in [1.54, 1.807) is 0 Å². The number of nitrogens with one attached hydrogen (secondary N) is 1. The molecular weight excluding hydrogens is 362 g/mol. The molecular formula is C21H29NO6. The van der Waals surface area contributed by atoms with Crippen molar-refractivity contribution < 1.29 is 30.0 Å². The summed E-state index contributed by atoms with van der Waals surface area (Å²) in [7, 11) is 1.38. The number of aliphatic hydroxyl groups excluding tert-OH is 4. The van der Waals surface area contributed by atoms with Crippen molar-refractivity contribution in [3.05, 3.63) is 48.0 Å². The van der Waals surface area contributed by atoms with E-state index in [1.165, 1.54) is 7.11 Å². The highest BCUT2D eigenvalue weighted by atomic mass is 16.5. The minimum Gasteiger partial charge on any atom is -0.396 e. The molecule has 0 aliphatic rings. The molecule has 0 aliphatic carbocycles. The molecule has 0 radical (unpaired) electrons. The van der Waals surface area contributed by atoms with Gasteiger partial charge in [0.05, 0.1) is 24.7 Å². The number of carbonyl (C=O) groups is 1. The van der Waals surface area contributed by atoms with Gasteiger partial charge in [0, 0.05) is 26.7 Å². The van der Waals surface area contributed by atoms with Crippen LogP contribution >= 0.6 is 0 Å². The molecule has 2 aromatic rings. The van der Waals surface area contributed by atoms with Gasteiger partial charge in [-0.3, -0.25) is 4.79 Å². The second-order valence-corrected chi connectivity index (χ2v) is 6.85. The van der Waals surface area contributed by atoms with E-state index >= 15 is 0 Å². The Morgan fingerprint density at radius 1 is 1.11 bits per heavy atom. The van der Waals surface area contributed by atoms with Gasteiger partial charge in [-0.2, -0.15) is 0 Å². The number of ether oxygens (including phenoxy) is 1. The predicted molar refractivity (Wildman–Crippen MR) is 106 cm³/mol. The molecule has 1 amide bonds. The molecule has 7 heteroatoms. The highest BCUT2D eigenvalue weighted by molar-refractivity contribution is 5.90. The van der Waals surface area contributed by atoms with Crippen molar-refractivity contribution in [2.45, 2.75) is 43.7 Å². The van der Waals surface area contributed by atoms with E-state index in [-0.39, 0.29) is 38.3 Å². The minimum absolute atomic E-state index is 0.0367. The summed E-state index contributed by atoms with van der Waals surface area (Å²) in [5, 5.41) is 43.8. The van der Waals surface area contributed by atoms with Crippen LogP contribution in [0.1, 0.15) is 18.4 Å². The van der Waals surface area contributed by atoms with Crippen molar-refractivity contribution in [3.63, 3.8) is 0 Å². The number of amides is 1. The fraction of sp³-hybridized carbons (Fsp3) is 0.476. The van der Waals surface area contributed by atoms with Gasteiger partial charge >= 0.3 is 0 Å². The van der Waals surface area contributed by atoms with Crippen LogP contribution in [0.4, 0.5) is 0 Å². The summed E-state index contributed by atoms with van der Waals surface area (Å²) >= 11 is 0. The highest BCUT2D eigenvalue weighted by Crippen LogP contribution is 2.19.